The fraction of sp³-hybridized carbons (Fsp3) is 0.300. The third kappa shape index (κ3) is 5.90. The quantitative estimate of drug-likeness (QED) is 0.705. The first kappa shape index (κ1) is 21.6. The smallest absolute Gasteiger partial charge is 0.243 e. The lowest BCUT2D eigenvalue weighted by Gasteiger charge is -2.21. The van der Waals surface area contributed by atoms with Gasteiger partial charge in [0.1, 0.15) is 0 Å². The Morgan fingerprint density at radius 2 is 1.57 bits per heavy atom. The van der Waals surface area contributed by atoms with Crippen LogP contribution in [-0.2, 0) is 26.0 Å². The van der Waals surface area contributed by atoms with E-state index in [1.807, 2.05) is 30.3 Å². The SMILES string of the molecule is CC(C)N(C)S(=O)(=O)c1ccc(NC(=O)CNC(=O)Cc2ccccc2)cc1. The van der Waals surface area contributed by atoms with Gasteiger partial charge in [-0.1, -0.05) is 30.3 Å². The van der Waals surface area contributed by atoms with Gasteiger partial charge in [0.15, 0.2) is 0 Å². The van der Waals surface area contributed by atoms with E-state index in [1.165, 1.54) is 35.6 Å². The molecule has 0 aliphatic carbocycles. The molecule has 8 heteroatoms. The van der Waals surface area contributed by atoms with Gasteiger partial charge in [-0.3, -0.25) is 9.59 Å². The van der Waals surface area contributed by atoms with Crippen molar-refractivity contribution in [1.82, 2.24) is 9.62 Å². The van der Waals surface area contributed by atoms with E-state index in [2.05, 4.69) is 10.6 Å². The van der Waals surface area contributed by atoms with Crippen LogP contribution >= 0.6 is 0 Å². The van der Waals surface area contributed by atoms with Gasteiger partial charge >= 0.3 is 0 Å². The van der Waals surface area contributed by atoms with Crippen molar-refractivity contribution in [3.05, 3.63) is 60.2 Å². The van der Waals surface area contributed by atoms with Gasteiger partial charge in [-0.15, -0.1) is 0 Å². The zero-order valence-corrected chi connectivity index (χ0v) is 17.0. The predicted molar refractivity (Wildman–Crippen MR) is 108 cm³/mol. The second-order valence-corrected chi connectivity index (χ2v) is 8.62. The van der Waals surface area contributed by atoms with E-state index < -0.39 is 15.9 Å². The summed E-state index contributed by atoms with van der Waals surface area (Å²) in [6, 6.07) is 15.0. The number of anilines is 1. The molecule has 2 amide bonds. The van der Waals surface area contributed by atoms with E-state index in [0.717, 1.165) is 5.56 Å². The molecule has 2 aromatic rings. The van der Waals surface area contributed by atoms with Crippen LogP contribution in [0, 0.1) is 0 Å². The van der Waals surface area contributed by atoms with Gasteiger partial charge in [0.2, 0.25) is 21.8 Å². The molecule has 0 atom stereocenters. The maximum Gasteiger partial charge on any atom is 0.243 e. The number of carbonyl (C=O) groups is 2. The van der Waals surface area contributed by atoms with Gasteiger partial charge in [-0.2, -0.15) is 4.31 Å². The monoisotopic (exact) mass is 403 g/mol. The van der Waals surface area contributed by atoms with Crippen molar-refractivity contribution >= 4 is 27.5 Å². The molecule has 7 nitrogen and oxygen atoms in total. The molecule has 0 bridgehead atoms. The highest BCUT2D eigenvalue weighted by molar-refractivity contribution is 7.89. The molecule has 150 valence electrons. The average molecular weight is 404 g/mol. The molecule has 0 fully saturated rings. The number of nitrogens with one attached hydrogen (secondary N) is 2. The number of amides is 2. The third-order valence-electron chi connectivity index (χ3n) is 4.20. The predicted octanol–water partition coefficient (Wildman–Crippen LogP) is 2.01. The Hall–Kier alpha value is -2.71. The molecule has 2 rings (SSSR count). The summed E-state index contributed by atoms with van der Waals surface area (Å²) in [4.78, 5) is 24.0. The second-order valence-electron chi connectivity index (χ2n) is 6.63. The Kier molecular flexibility index (Phi) is 7.31. The van der Waals surface area contributed by atoms with Crippen molar-refractivity contribution < 1.29 is 18.0 Å². The van der Waals surface area contributed by atoms with Crippen LogP contribution < -0.4 is 10.6 Å². The molecule has 0 aromatic heterocycles. The number of hydrogen-bond donors (Lipinski definition) is 2. The third-order valence-corrected chi connectivity index (χ3v) is 6.24. The van der Waals surface area contributed by atoms with E-state index in [1.54, 1.807) is 13.8 Å². The number of rotatable bonds is 8. The zero-order chi connectivity index (χ0) is 20.7. The van der Waals surface area contributed by atoms with Crippen LogP contribution in [0.3, 0.4) is 0 Å². The van der Waals surface area contributed by atoms with Gasteiger partial charge < -0.3 is 10.6 Å². The van der Waals surface area contributed by atoms with E-state index in [0.29, 0.717) is 5.69 Å². The Morgan fingerprint density at radius 3 is 2.14 bits per heavy atom. The molecule has 0 saturated carbocycles. The van der Waals surface area contributed by atoms with Crippen molar-refractivity contribution in [2.45, 2.75) is 31.2 Å². The molecular formula is C20H25N3O4S. The highest BCUT2D eigenvalue weighted by atomic mass is 32.2. The lowest BCUT2D eigenvalue weighted by atomic mass is 10.1. The maximum atomic E-state index is 12.4. The van der Waals surface area contributed by atoms with Gasteiger partial charge in [0, 0.05) is 18.8 Å². The number of carbonyl (C=O) groups excluding carboxylic acids is 2. The summed E-state index contributed by atoms with van der Waals surface area (Å²) in [7, 11) is -2.05. The summed E-state index contributed by atoms with van der Waals surface area (Å²) in [5.74, 6) is -0.643. The summed E-state index contributed by atoms with van der Waals surface area (Å²) in [5.41, 5.74) is 1.32. The summed E-state index contributed by atoms with van der Waals surface area (Å²) >= 11 is 0. The summed E-state index contributed by atoms with van der Waals surface area (Å²) < 4.78 is 26.1. The highest BCUT2D eigenvalue weighted by Gasteiger charge is 2.22. The van der Waals surface area contributed by atoms with Gasteiger partial charge in [0.05, 0.1) is 17.9 Å². The molecule has 0 spiro atoms. The first-order valence-corrected chi connectivity index (χ1v) is 10.3. The summed E-state index contributed by atoms with van der Waals surface area (Å²) in [6.45, 7) is 3.41. The van der Waals surface area contributed by atoms with E-state index in [-0.39, 0.29) is 29.8 Å². The van der Waals surface area contributed by atoms with Crippen LogP contribution in [0.15, 0.2) is 59.5 Å². The minimum atomic E-state index is -3.57. The molecule has 0 aliphatic rings. The standard InChI is InChI=1S/C20H25N3O4S/c1-15(2)23(3)28(26,27)18-11-9-17(10-12-18)22-20(25)14-21-19(24)13-16-7-5-4-6-8-16/h4-12,15H,13-14H2,1-3H3,(H,21,24)(H,22,25). The number of nitrogens with zero attached hydrogens (tertiary/aromatic N) is 1. The van der Waals surface area contributed by atoms with Crippen molar-refractivity contribution in [2.24, 2.45) is 0 Å². The minimum Gasteiger partial charge on any atom is -0.347 e. The van der Waals surface area contributed by atoms with Gasteiger partial charge in [0.25, 0.3) is 0 Å². The van der Waals surface area contributed by atoms with Crippen LogP contribution in [0.5, 0.6) is 0 Å². The highest BCUT2D eigenvalue weighted by Crippen LogP contribution is 2.18. The Bertz CT molecular complexity index is 910. The lowest BCUT2D eigenvalue weighted by molar-refractivity contribution is -0.123. The van der Waals surface area contributed by atoms with Crippen molar-refractivity contribution in [3.63, 3.8) is 0 Å². The first-order valence-electron chi connectivity index (χ1n) is 8.88. The minimum absolute atomic E-state index is 0.151. The molecule has 2 aromatic carbocycles. The lowest BCUT2D eigenvalue weighted by Crippen LogP contribution is -2.34. The van der Waals surface area contributed by atoms with Crippen LogP contribution in [0.4, 0.5) is 5.69 Å². The van der Waals surface area contributed by atoms with Crippen molar-refractivity contribution in [3.8, 4) is 0 Å². The fourth-order valence-corrected chi connectivity index (χ4v) is 3.75. The normalized spacial score (nSPS) is 11.5. The van der Waals surface area contributed by atoms with Crippen LogP contribution in [-0.4, -0.2) is 44.2 Å². The van der Waals surface area contributed by atoms with E-state index >= 15 is 0 Å². The first-order chi connectivity index (χ1) is 13.2. The molecule has 0 heterocycles. The van der Waals surface area contributed by atoms with Crippen molar-refractivity contribution in [2.75, 3.05) is 18.9 Å². The van der Waals surface area contributed by atoms with E-state index in [9.17, 15) is 18.0 Å². The molecule has 0 saturated heterocycles. The summed E-state index contributed by atoms with van der Waals surface area (Å²) in [5, 5.41) is 5.19. The fourth-order valence-electron chi connectivity index (χ4n) is 2.38. The maximum absolute atomic E-state index is 12.4. The Balaban J connectivity index is 1.88. The number of benzene rings is 2. The van der Waals surface area contributed by atoms with Crippen LogP contribution in [0.1, 0.15) is 19.4 Å². The Morgan fingerprint density at radius 1 is 0.964 bits per heavy atom. The topological polar surface area (TPSA) is 95.6 Å². The zero-order valence-electron chi connectivity index (χ0n) is 16.2. The van der Waals surface area contributed by atoms with Gasteiger partial charge in [-0.05, 0) is 43.7 Å². The van der Waals surface area contributed by atoms with Crippen molar-refractivity contribution in [1.29, 1.82) is 0 Å². The molecule has 0 unspecified atom stereocenters. The average Bonchev–Trinajstić information content (AvgIpc) is 2.67. The largest absolute Gasteiger partial charge is 0.347 e. The van der Waals surface area contributed by atoms with Gasteiger partial charge in [-0.25, -0.2) is 8.42 Å². The molecule has 0 aliphatic heterocycles. The molecular weight excluding hydrogens is 378 g/mol. The molecule has 2 N–H and O–H groups in total. The number of sulfonamides is 1. The summed E-state index contributed by atoms with van der Waals surface area (Å²) in [6.07, 6.45) is 0.198. The van der Waals surface area contributed by atoms with Crippen LogP contribution in [0.2, 0.25) is 0 Å². The number of hydrogen-bond acceptors (Lipinski definition) is 4. The molecule has 0 radical (unpaired) electrons. The van der Waals surface area contributed by atoms with E-state index in [4.69, 9.17) is 0 Å². The Labute approximate surface area is 165 Å². The molecule has 28 heavy (non-hydrogen) atoms. The second kappa shape index (κ2) is 9.48. The van der Waals surface area contributed by atoms with Crippen LogP contribution in [0.25, 0.3) is 0 Å².